The van der Waals surface area contributed by atoms with E-state index in [1.165, 1.54) is 5.56 Å². The first-order chi connectivity index (χ1) is 6.36. The fraction of sp³-hybridized carbons (Fsp3) is 0.556. The zero-order chi connectivity index (χ0) is 9.10. The van der Waals surface area contributed by atoms with E-state index in [-0.39, 0.29) is 0 Å². The summed E-state index contributed by atoms with van der Waals surface area (Å²) in [6, 6.07) is 0. The average Bonchev–Trinajstić information content (AvgIpc) is 2.20. The van der Waals surface area contributed by atoms with Gasteiger partial charge in [0.1, 0.15) is 0 Å². The van der Waals surface area contributed by atoms with Gasteiger partial charge in [0.15, 0.2) is 4.73 Å². The van der Waals surface area contributed by atoms with E-state index in [0.717, 1.165) is 26.1 Å². The topological polar surface area (TPSA) is 35.0 Å². The second-order valence-corrected chi connectivity index (χ2v) is 3.88. The molecule has 0 aliphatic carbocycles. The number of aromatic nitrogens is 2. The number of hydrogen-bond donors (Lipinski definition) is 0. The average molecular weight is 243 g/mol. The summed E-state index contributed by atoms with van der Waals surface area (Å²) in [5.41, 5.74) is 1.23. The maximum atomic E-state index is 5.29. The van der Waals surface area contributed by atoms with Crippen LogP contribution in [0.4, 0.5) is 0 Å². The van der Waals surface area contributed by atoms with Crippen LogP contribution in [0, 0.1) is 0 Å². The monoisotopic (exact) mass is 242 g/mol. The van der Waals surface area contributed by atoms with E-state index in [2.05, 4.69) is 25.9 Å². The van der Waals surface area contributed by atoms with E-state index in [0.29, 0.717) is 10.7 Å². The largest absolute Gasteiger partial charge is 0.381 e. The minimum absolute atomic E-state index is 0.585. The predicted octanol–water partition coefficient (Wildman–Crippen LogP) is 2.13. The van der Waals surface area contributed by atoms with Crippen molar-refractivity contribution in [1.82, 2.24) is 9.97 Å². The molecule has 0 amide bonds. The molecule has 70 valence electrons. The third-order valence-corrected chi connectivity index (χ3v) is 2.74. The molecule has 0 aromatic carbocycles. The molecule has 3 nitrogen and oxygen atoms in total. The van der Waals surface area contributed by atoms with Crippen LogP contribution in [0.15, 0.2) is 17.1 Å². The van der Waals surface area contributed by atoms with Crippen LogP contribution >= 0.6 is 15.9 Å². The van der Waals surface area contributed by atoms with Crippen molar-refractivity contribution < 1.29 is 4.74 Å². The van der Waals surface area contributed by atoms with Gasteiger partial charge in [0.2, 0.25) is 0 Å². The smallest absolute Gasteiger partial charge is 0.196 e. The molecule has 0 unspecified atom stereocenters. The summed E-state index contributed by atoms with van der Waals surface area (Å²) in [7, 11) is 0. The van der Waals surface area contributed by atoms with Gasteiger partial charge in [-0.3, -0.25) is 0 Å². The predicted molar refractivity (Wildman–Crippen MR) is 52.5 cm³/mol. The highest BCUT2D eigenvalue weighted by Gasteiger charge is 2.16. The van der Waals surface area contributed by atoms with Crippen LogP contribution in [-0.4, -0.2) is 23.2 Å². The van der Waals surface area contributed by atoms with E-state index in [1.807, 2.05) is 12.4 Å². The first-order valence-corrected chi connectivity index (χ1v) is 5.21. The van der Waals surface area contributed by atoms with Gasteiger partial charge in [0.25, 0.3) is 0 Å². The lowest BCUT2D eigenvalue weighted by Crippen LogP contribution is -2.14. The van der Waals surface area contributed by atoms with Gasteiger partial charge >= 0.3 is 0 Å². The van der Waals surface area contributed by atoms with Crippen molar-refractivity contribution in [2.24, 2.45) is 0 Å². The molecule has 1 aliphatic rings. The van der Waals surface area contributed by atoms with E-state index in [4.69, 9.17) is 4.74 Å². The van der Waals surface area contributed by atoms with Gasteiger partial charge in [-0.25, -0.2) is 9.97 Å². The molecule has 0 bridgehead atoms. The number of nitrogens with zero attached hydrogens (tertiary/aromatic N) is 2. The van der Waals surface area contributed by atoms with Crippen molar-refractivity contribution in [3.8, 4) is 0 Å². The highest BCUT2D eigenvalue weighted by Crippen LogP contribution is 2.25. The minimum Gasteiger partial charge on any atom is -0.381 e. The molecule has 2 rings (SSSR count). The van der Waals surface area contributed by atoms with Crippen molar-refractivity contribution in [3.05, 3.63) is 22.7 Å². The summed E-state index contributed by atoms with van der Waals surface area (Å²) >= 11 is 3.22. The standard InChI is InChI=1S/C9H11BrN2O/c10-9-11-5-8(6-12-9)7-1-3-13-4-2-7/h5-7H,1-4H2. The molecule has 0 saturated carbocycles. The zero-order valence-electron chi connectivity index (χ0n) is 7.24. The van der Waals surface area contributed by atoms with E-state index in [9.17, 15) is 0 Å². The lowest BCUT2D eigenvalue weighted by atomic mass is 9.94. The first kappa shape index (κ1) is 9.09. The van der Waals surface area contributed by atoms with Gasteiger partial charge in [0, 0.05) is 25.6 Å². The lowest BCUT2D eigenvalue weighted by Gasteiger charge is -2.21. The third-order valence-electron chi connectivity index (χ3n) is 2.33. The summed E-state index contributed by atoms with van der Waals surface area (Å²) in [4.78, 5) is 8.24. The third kappa shape index (κ3) is 2.25. The van der Waals surface area contributed by atoms with Crippen LogP contribution in [0.2, 0.25) is 0 Å². The summed E-state index contributed by atoms with van der Waals surface area (Å²) in [5, 5.41) is 0. The molecule has 1 saturated heterocycles. The Bertz CT molecular complexity index is 269. The Morgan fingerprint density at radius 3 is 2.46 bits per heavy atom. The van der Waals surface area contributed by atoms with Gasteiger partial charge in [-0.15, -0.1) is 0 Å². The van der Waals surface area contributed by atoms with Crippen LogP contribution in [0.3, 0.4) is 0 Å². The Labute approximate surface area is 85.7 Å². The Morgan fingerprint density at radius 1 is 1.23 bits per heavy atom. The van der Waals surface area contributed by atoms with Crippen molar-refractivity contribution in [1.29, 1.82) is 0 Å². The van der Waals surface area contributed by atoms with E-state index < -0.39 is 0 Å². The number of ether oxygens (including phenoxy) is 1. The van der Waals surface area contributed by atoms with Crippen molar-refractivity contribution in [2.75, 3.05) is 13.2 Å². The molecule has 0 N–H and O–H groups in total. The second-order valence-electron chi connectivity index (χ2n) is 3.17. The van der Waals surface area contributed by atoms with Crippen molar-refractivity contribution in [3.63, 3.8) is 0 Å². The van der Waals surface area contributed by atoms with Gasteiger partial charge in [-0.05, 0) is 40.3 Å². The molecule has 4 heteroatoms. The summed E-state index contributed by atoms with van der Waals surface area (Å²) in [5.74, 6) is 0.585. The molecular weight excluding hydrogens is 232 g/mol. The Kier molecular flexibility index (Phi) is 2.90. The molecule has 1 fully saturated rings. The molecular formula is C9H11BrN2O. The zero-order valence-corrected chi connectivity index (χ0v) is 8.83. The van der Waals surface area contributed by atoms with Crippen LogP contribution in [0.1, 0.15) is 24.3 Å². The van der Waals surface area contributed by atoms with Gasteiger partial charge < -0.3 is 4.74 Å². The molecule has 1 aromatic heterocycles. The molecule has 0 atom stereocenters. The maximum absolute atomic E-state index is 5.29. The van der Waals surface area contributed by atoms with Gasteiger partial charge in [0.05, 0.1) is 0 Å². The number of halogens is 1. The lowest BCUT2D eigenvalue weighted by molar-refractivity contribution is 0.0852. The van der Waals surface area contributed by atoms with Crippen molar-refractivity contribution in [2.45, 2.75) is 18.8 Å². The van der Waals surface area contributed by atoms with Crippen LogP contribution in [-0.2, 0) is 4.74 Å². The highest BCUT2D eigenvalue weighted by atomic mass is 79.9. The Balaban J connectivity index is 2.10. The quantitative estimate of drug-likeness (QED) is 0.709. The number of rotatable bonds is 1. The summed E-state index contributed by atoms with van der Waals surface area (Å²) < 4.78 is 5.95. The van der Waals surface area contributed by atoms with E-state index >= 15 is 0 Å². The van der Waals surface area contributed by atoms with Gasteiger partial charge in [-0.2, -0.15) is 0 Å². The summed E-state index contributed by atoms with van der Waals surface area (Å²) in [6.07, 6.45) is 5.97. The Morgan fingerprint density at radius 2 is 1.85 bits per heavy atom. The summed E-state index contributed by atoms with van der Waals surface area (Å²) in [6.45, 7) is 1.72. The highest BCUT2D eigenvalue weighted by molar-refractivity contribution is 9.10. The normalized spacial score (nSPS) is 18.8. The maximum Gasteiger partial charge on any atom is 0.196 e. The van der Waals surface area contributed by atoms with Gasteiger partial charge in [-0.1, -0.05) is 0 Å². The second kappa shape index (κ2) is 4.15. The van der Waals surface area contributed by atoms with Crippen LogP contribution in [0.25, 0.3) is 0 Å². The molecule has 13 heavy (non-hydrogen) atoms. The van der Waals surface area contributed by atoms with Crippen LogP contribution in [0.5, 0.6) is 0 Å². The fourth-order valence-electron chi connectivity index (χ4n) is 1.56. The molecule has 0 spiro atoms. The first-order valence-electron chi connectivity index (χ1n) is 4.41. The fourth-order valence-corrected chi connectivity index (χ4v) is 1.77. The van der Waals surface area contributed by atoms with Crippen LogP contribution < -0.4 is 0 Å². The minimum atomic E-state index is 0.585. The molecule has 0 radical (unpaired) electrons. The molecule has 1 aromatic rings. The Hall–Kier alpha value is -0.480. The van der Waals surface area contributed by atoms with E-state index in [1.54, 1.807) is 0 Å². The molecule has 2 heterocycles. The molecule has 1 aliphatic heterocycles. The van der Waals surface area contributed by atoms with Crippen molar-refractivity contribution >= 4 is 15.9 Å². The SMILES string of the molecule is Brc1ncc(C2CCOCC2)cn1. The number of hydrogen-bond acceptors (Lipinski definition) is 3.